The van der Waals surface area contributed by atoms with Gasteiger partial charge in [-0.05, 0) is 32.0 Å². The second kappa shape index (κ2) is 7.01. The minimum Gasteiger partial charge on any atom is -0.508 e. The first-order chi connectivity index (χ1) is 8.60. The first kappa shape index (κ1) is 14.5. The molecule has 0 saturated carbocycles. The predicted molar refractivity (Wildman–Crippen MR) is 74.0 cm³/mol. The van der Waals surface area contributed by atoms with Gasteiger partial charge in [0.15, 0.2) is 0 Å². The van der Waals surface area contributed by atoms with Crippen LogP contribution in [0, 0.1) is 6.92 Å². The lowest BCUT2D eigenvalue weighted by atomic mass is 10.1. The van der Waals surface area contributed by atoms with E-state index < -0.39 is 0 Å². The van der Waals surface area contributed by atoms with Crippen molar-refractivity contribution in [3.8, 4) is 5.75 Å². The van der Waals surface area contributed by atoms with E-state index in [-0.39, 0.29) is 11.7 Å². The van der Waals surface area contributed by atoms with Crippen molar-refractivity contribution in [2.45, 2.75) is 27.2 Å². The second-order valence-corrected chi connectivity index (χ2v) is 4.21. The number of nitrogens with one attached hydrogen (secondary N) is 1. The normalized spacial score (nSPS) is 10.4. The summed E-state index contributed by atoms with van der Waals surface area (Å²) in [6.07, 6.45) is 0.469. The highest BCUT2D eigenvalue weighted by atomic mass is 16.3. The Morgan fingerprint density at radius 2 is 2.11 bits per heavy atom. The molecular formula is C14H22N2O2. The van der Waals surface area contributed by atoms with Crippen molar-refractivity contribution in [3.63, 3.8) is 0 Å². The number of rotatable bonds is 6. The van der Waals surface area contributed by atoms with Crippen molar-refractivity contribution >= 4 is 11.6 Å². The standard InChI is InChI=1S/C14H22N2O2/c1-4-15-9-8-14(18)16(5-2)13-10-12(17)7-6-11(13)3/h6-7,10,15,17H,4-5,8-9H2,1-3H3. The number of carbonyl (C=O) groups is 1. The zero-order valence-electron chi connectivity index (χ0n) is 11.4. The summed E-state index contributed by atoms with van der Waals surface area (Å²) in [6, 6.07) is 5.10. The Morgan fingerprint density at radius 3 is 2.72 bits per heavy atom. The lowest BCUT2D eigenvalue weighted by molar-refractivity contribution is -0.118. The zero-order chi connectivity index (χ0) is 13.5. The van der Waals surface area contributed by atoms with E-state index in [1.807, 2.05) is 26.8 Å². The van der Waals surface area contributed by atoms with Gasteiger partial charge in [0.2, 0.25) is 5.91 Å². The highest BCUT2D eigenvalue weighted by molar-refractivity contribution is 5.94. The fraction of sp³-hybridized carbons (Fsp3) is 0.500. The van der Waals surface area contributed by atoms with Gasteiger partial charge < -0.3 is 15.3 Å². The molecule has 0 aliphatic carbocycles. The number of anilines is 1. The van der Waals surface area contributed by atoms with Gasteiger partial charge in [0.25, 0.3) is 0 Å². The molecule has 0 atom stereocenters. The summed E-state index contributed by atoms with van der Waals surface area (Å²) in [5.74, 6) is 0.265. The van der Waals surface area contributed by atoms with Gasteiger partial charge in [-0.25, -0.2) is 0 Å². The molecule has 4 nitrogen and oxygen atoms in total. The fourth-order valence-corrected chi connectivity index (χ4v) is 1.88. The maximum absolute atomic E-state index is 12.1. The second-order valence-electron chi connectivity index (χ2n) is 4.21. The maximum atomic E-state index is 12.1. The van der Waals surface area contributed by atoms with E-state index in [4.69, 9.17) is 0 Å². The Balaban J connectivity index is 2.81. The van der Waals surface area contributed by atoms with Crippen molar-refractivity contribution < 1.29 is 9.90 Å². The van der Waals surface area contributed by atoms with Crippen LogP contribution >= 0.6 is 0 Å². The van der Waals surface area contributed by atoms with Crippen molar-refractivity contribution in [2.24, 2.45) is 0 Å². The van der Waals surface area contributed by atoms with Gasteiger partial charge in [0.1, 0.15) is 5.75 Å². The van der Waals surface area contributed by atoms with Crippen molar-refractivity contribution in [1.29, 1.82) is 0 Å². The van der Waals surface area contributed by atoms with Crippen LogP contribution in [-0.2, 0) is 4.79 Å². The largest absolute Gasteiger partial charge is 0.508 e. The number of hydrogen-bond donors (Lipinski definition) is 2. The Kier molecular flexibility index (Phi) is 5.65. The number of phenolic OH excluding ortho intramolecular Hbond substituents is 1. The average Bonchev–Trinajstić information content (AvgIpc) is 2.35. The molecule has 0 saturated heterocycles. The van der Waals surface area contributed by atoms with Gasteiger partial charge in [0, 0.05) is 25.6 Å². The summed E-state index contributed by atoms with van der Waals surface area (Å²) >= 11 is 0. The summed E-state index contributed by atoms with van der Waals surface area (Å²) < 4.78 is 0. The van der Waals surface area contributed by atoms with Crippen molar-refractivity contribution in [1.82, 2.24) is 5.32 Å². The van der Waals surface area contributed by atoms with E-state index in [1.54, 1.807) is 17.0 Å². The molecule has 2 N–H and O–H groups in total. The molecule has 0 fully saturated rings. The number of carbonyl (C=O) groups excluding carboxylic acids is 1. The van der Waals surface area contributed by atoms with Crippen molar-refractivity contribution in [3.05, 3.63) is 23.8 Å². The van der Waals surface area contributed by atoms with Gasteiger partial charge in [-0.1, -0.05) is 13.0 Å². The summed E-state index contributed by atoms with van der Waals surface area (Å²) in [5.41, 5.74) is 1.78. The lowest BCUT2D eigenvalue weighted by Crippen LogP contribution is -2.33. The van der Waals surface area contributed by atoms with Crippen LogP contribution < -0.4 is 10.2 Å². The summed E-state index contributed by atoms with van der Waals surface area (Å²) in [7, 11) is 0. The van der Waals surface area contributed by atoms with Crippen LogP contribution in [-0.4, -0.2) is 30.6 Å². The molecule has 0 aliphatic rings. The molecule has 0 spiro atoms. The Hall–Kier alpha value is -1.55. The van der Waals surface area contributed by atoms with Crippen LogP contribution in [0.1, 0.15) is 25.8 Å². The molecule has 0 aromatic heterocycles. The Bertz CT molecular complexity index is 405. The smallest absolute Gasteiger partial charge is 0.228 e. The number of nitrogens with zero attached hydrogens (tertiary/aromatic N) is 1. The summed E-state index contributed by atoms with van der Waals surface area (Å²) in [6.45, 7) is 8.05. The van der Waals surface area contributed by atoms with E-state index in [9.17, 15) is 9.90 Å². The molecule has 4 heteroatoms. The fourth-order valence-electron chi connectivity index (χ4n) is 1.88. The van der Waals surface area contributed by atoms with Gasteiger partial charge >= 0.3 is 0 Å². The number of aryl methyl sites for hydroxylation is 1. The van der Waals surface area contributed by atoms with Gasteiger partial charge in [-0.2, -0.15) is 0 Å². The topological polar surface area (TPSA) is 52.6 Å². The van der Waals surface area contributed by atoms with Crippen LogP contribution in [0.25, 0.3) is 0 Å². The first-order valence-electron chi connectivity index (χ1n) is 6.40. The number of phenols is 1. The van der Waals surface area contributed by atoms with Gasteiger partial charge in [0.05, 0.1) is 5.69 Å². The first-order valence-corrected chi connectivity index (χ1v) is 6.40. The van der Waals surface area contributed by atoms with E-state index in [2.05, 4.69) is 5.32 Å². The molecule has 0 aliphatic heterocycles. The number of aromatic hydroxyl groups is 1. The monoisotopic (exact) mass is 250 g/mol. The average molecular weight is 250 g/mol. The Labute approximate surface area is 109 Å². The van der Waals surface area contributed by atoms with E-state index >= 15 is 0 Å². The molecule has 0 bridgehead atoms. The predicted octanol–water partition coefficient (Wildman–Crippen LogP) is 2.05. The quantitative estimate of drug-likeness (QED) is 0.760. The minimum absolute atomic E-state index is 0.0761. The molecule has 0 radical (unpaired) electrons. The summed E-state index contributed by atoms with van der Waals surface area (Å²) in [5, 5.41) is 12.7. The molecule has 1 rings (SSSR count). The van der Waals surface area contributed by atoms with Gasteiger partial charge in [-0.3, -0.25) is 4.79 Å². The molecule has 1 aromatic rings. The third-order valence-corrected chi connectivity index (χ3v) is 2.87. The van der Waals surface area contributed by atoms with Crippen LogP contribution in [0.3, 0.4) is 0 Å². The van der Waals surface area contributed by atoms with Crippen LogP contribution in [0.4, 0.5) is 5.69 Å². The third-order valence-electron chi connectivity index (χ3n) is 2.87. The van der Waals surface area contributed by atoms with E-state index in [0.29, 0.717) is 19.5 Å². The number of hydrogen-bond acceptors (Lipinski definition) is 3. The number of amides is 1. The molecule has 18 heavy (non-hydrogen) atoms. The summed E-state index contributed by atoms with van der Waals surface area (Å²) in [4.78, 5) is 13.8. The molecule has 100 valence electrons. The highest BCUT2D eigenvalue weighted by Gasteiger charge is 2.15. The third kappa shape index (κ3) is 3.74. The molecule has 0 heterocycles. The minimum atomic E-state index is 0.0761. The van der Waals surface area contributed by atoms with Gasteiger partial charge in [-0.15, -0.1) is 0 Å². The van der Waals surface area contributed by atoms with Crippen molar-refractivity contribution in [2.75, 3.05) is 24.5 Å². The SMILES string of the molecule is CCNCCC(=O)N(CC)c1cc(O)ccc1C. The van der Waals surface area contributed by atoms with E-state index in [1.165, 1.54) is 0 Å². The van der Waals surface area contributed by atoms with Crippen LogP contribution in [0.5, 0.6) is 5.75 Å². The number of benzene rings is 1. The maximum Gasteiger partial charge on any atom is 0.228 e. The molecule has 0 unspecified atom stereocenters. The van der Waals surface area contributed by atoms with Crippen LogP contribution in [0.2, 0.25) is 0 Å². The van der Waals surface area contributed by atoms with E-state index in [0.717, 1.165) is 17.8 Å². The molecule has 1 aromatic carbocycles. The van der Waals surface area contributed by atoms with Crippen LogP contribution in [0.15, 0.2) is 18.2 Å². The molecule has 1 amide bonds. The lowest BCUT2D eigenvalue weighted by Gasteiger charge is -2.23. The highest BCUT2D eigenvalue weighted by Crippen LogP contribution is 2.25. The zero-order valence-corrected chi connectivity index (χ0v) is 11.4. The Morgan fingerprint density at radius 1 is 1.39 bits per heavy atom. The molecular weight excluding hydrogens is 228 g/mol.